The number of carboxylic acids is 1. The second-order valence-corrected chi connectivity index (χ2v) is 6.30. The number of phenolic OH excluding ortho intramolecular Hbond substituents is 1. The third kappa shape index (κ3) is 5.22. The highest BCUT2D eigenvalue weighted by Crippen LogP contribution is 2.20. The van der Waals surface area contributed by atoms with E-state index in [4.69, 9.17) is 0 Å². The number of phenols is 1. The van der Waals surface area contributed by atoms with E-state index >= 15 is 0 Å². The first-order valence-electron chi connectivity index (χ1n) is 8.59. The van der Waals surface area contributed by atoms with Crippen LogP contribution >= 0.6 is 0 Å². The van der Waals surface area contributed by atoms with Crippen molar-refractivity contribution in [1.82, 2.24) is 10.2 Å². The van der Waals surface area contributed by atoms with Crippen LogP contribution in [0.2, 0.25) is 0 Å². The van der Waals surface area contributed by atoms with Crippen molar-refractivity contribution in [3.05, 3.63) is 29.8 Å². The molecule has 2 rings (SSSR count). The molecule has 1 fully saturated rings. The molecule has 1 saturated heterocycles. The van der Waals surface area contributed by atoms with Crippen LogP contribution in [0, 0.1) is 0 Å². The minimum Gasteiger partial charge on any atom is -0.508 e. The zero-order chi connectivity index (χ0) is 16.7. The molecule has 128 valence electrons. The zero-order valence-electron chi connectivity index (χ0n) is 13.9. The first kappa shape index (κ1) is 17.8. The predicted octanol–water partition coefficient (Wildman–Crippen LogP) is 2.24. The number of unbranched alkanes of at least 4 members (excludes halogenated alkanes) is 1. The number of nitrogens with one attached hydrogen (secondary N) is 1. The van der Waals surface area contributed by atoms with Crippen LogP contribution < -0.4 is 5.32 Å². The third-order valence-electron chi connectivity index (χ3n) is 4.60. The average molecular weight is 320 g/mol. The molecule has 0 spiro atoms. The molecule has 5 nitrogen and oxygen atoms in total. The molecular weight excluding hydrogens is 292 g/mol. The van der Waals surface area contributed by atoms with Gasteiger partial charge in [0.1, 0.15) is 11.8 Å². The Morgan fingerprint density at radius 2 is 1.96 bits per heavy atom. The summed E-state index contributed by atoms with van der Waals surface area (Å²) in [7, 11) is 0. The minimum absolute atomic E-state index is 0.210. The molecule has 1 aliphatic heterocycles. The summed E-state index contributed by atoms with van der Waals surface area (Å²) in [6.07, 6.45) is 4.56. The van der Waals surface area contributed by atoms with Crippen molar-refractivity contribution >= 4 is 5.97 Å². The fourth-order valence-electron chi connectivity index (χ4n) is 3.27. The number of carbonyl (C=O) groups is 1. The highest BCUT2D eigenvalue weighted by atomic mass is 16.4. The van der Waals surface area contributed by atoms with Gasteiger partial charge in [0.05, 0.1) is 0 Å². The Morgan fingerprint density at radius 1 is 1.30 bits per heavy atom. The third-order valence-corrected chi connectivity index (χ3v) is 4.60. The Bertz CT molecular complexity index is 484. The van der Waals surface area contributed by atoms with Gasteiger partial charge in [-0.1, -0.05) is 25.5 Å². The van der Waals surface area contributed by atoms with Crippen LogP contribution in [-0.4, -0.2) is 52.8 Å². The summed E-state index contributed by atoms with van der Waals surface area (Å²) in [6, 6.07) is 6.69. The summed E-state index contributed by atoms with van der Waals surface area (Å²) in [5.74, 6) is -0.547. The molecule has 3 N–H and O–H groups in total. The molecule has 0 radical (unpaired) electrons. The summed E-state index contributed by atoms with van der Waals surface area (Å²) in [5, 5.41) is 22.5. The van der Waals surface area contributed by atoms with Crippen LogP contribution in [0.4, 0.5) is 0 Å². The monoisotopic (exact) mass is 320 g/mol. The molecule has 0 saturated carbocycles. The number of hydrogen-bond acceptors (Lipinski definition) is 4. The summed E-state index contributed by atoms with van der Waals surface area (Å²) in [6.45, 7) is 4.88. The fourth-order valence-corrected chi connectivity index (χ4v) is 3.27. The van der Waals surface area contributed by atoms with Crippen LogP contribution in [0.15, 0.2) is 24.3 Å². The molecule has 0 aromatic heterocycles. The van der Waals surface area contributed by atoms with Crippen LogP contribution in [0.25, 0.3) is 0 Å². The van der Waals surface area contributed by atoms with Crippen molar-refractivity contribution in [2.75, 3.05) is 19.6 Å². The molecule has 1 atom stereocenters. The van der Waals surface area contributed by atoms with Crippen molar-refractivity contribution in [3.8, 4) is 5.75 Å². The Balaban J connectivity index is 2.14. The number of carboxylic acid groups (broad SMARTS) is 1. The quantitative estimate of drug-likeness (QED) is 0.685. The first-order chi connectivity index (χ1) is 11.1. The summed E-state index contributed by atoms with van der Waals surface area (Å²) >= 11 is 0. The van der Waals surface area contributed by atoms with E-state index in [-0.39, 0.29) is 5.75 Å². The largest absolute Gasteiger partial charge is 0.508 e. The number of hydrogen-bond donors (Lipinski definition) is 3. The smallest absolute Gasteiger partial charge is 0.321 e. The van der Waals surface area contributed by atoms with Crippen molar-refractivity contribution in [2.24, 2.45) is 0 Å². The van der Waals surface area contributed by atoms with Crippen LogP contribution in [0.5, 0.6) is 5.75 Å². The number of rotatable bonds is 8. The summed E-state index contributed by atoms with van der Waals surface area (Å²) in [5.41, 5.74) is 0.950. The van der Waals surface area contributed by atoms with Gasteiger partial charge in [-0.25, -0.2) is 0 Å². The van der Waals surface area contributed by atoms with Gasteiger partial charge >= 0.3 is 5.97 Å². The van der Waals surface area contributed by atoms with Crippen molar-refractivity contribution in [2.45, 2.75) is 51.1 Å². The minimum atomic E-state index is -0.757. The lowest BCUT2D eigenvalue weighted by Gasteiger charge is -2.38. The maximum absolute atomic E-state index is 11.9. The molecular formula is C18H28N2O3. The normalized spacial score (nSPS) is 17.3. The van der Waals surface area contributed by atoms with Gasteiger partial charge in [0.25, 0.3) is 0 Å². The van der Waals surface area contributed by atoms with E-state index in [0.717, 1.165) is 50.9 Å². The highest BCUT2D eigenvalue weighted by molar-refractivity contribution is 5.74. The van der Waals surface area contributed by atoms with Gasteiger partial charge in [-0.15, -0.1) is 0 Å². The summed E-state index contributed by atoms with van der Waals surface area (Å²) in [4.78, 5) is 14.1. The predicted molar refractivity (Wildman–Crippen MR) is 90.7 cm³/mol. The number of aliphatic carboxylic acids is 1. The zero-order valence-corrected chi connectivity index (χ0v) is 13.9. The van der Waals surface area contributed by atoms with E-state index in [2.05, 4.69) is 17.1 Å². The molecule has 1 aromatic rings. The van der Waals surface area contributed by atoms with Gasteiger partial charge in [0.2, 0.25) is 0 Å². The fraction of sp³-hybridized carbons (Fsp3) is 0.611. The lowest BCUT2D eigenvalue weighted by molar-refractivity contribution is -0.144. The van der Waals surface area contributed by atoms with Crippen LogP contribution in [0.1, 0.15) is 38.2 Å². The van der Waals surface area contributed by atoms with Gasteiger partial charge in [-0.05, 0) is 63.0 Å². The molecule has 1 aromatic carbocycles. The van der Waals surface area contributed by atoms with Crippen molar-refractivity contribution in [3.63, 3.8) is 0 Å². The maximum atomic E-state index is 11.9. The first-order valence-corrected chi connectivity index (χ1v) is 8.59. The SMILES string of the molecule is CCCCN(C1CCNCC1)C(Cc1ccc(O)cc1)C(=O)O. The summed E-state index contributed by atoms with van der Waals surface area (Å²) < 4.78 is 0. The second-order valence-electron chi connectivity index (χ2n) is 6.30. The molecule has 5 heteroatoms. The Hall–Kier alpha value is -1.59. The Kier molecular flexibility index (Phi) is 6.86. The molecule has 0 amide bonds. The molecule has 0 aliphatic carbocycles. The van der Waals surface area contributed by atoms with Crippen molar-refractivity contribution in [1.29, 1.82) is 0 Å². The molecule has 23 heavy (non-hydrogen) atoms. The van der Waals surface area contributed by atoms with E-state index < -0.39 is 12.0 Å². The highest BCUT2D eigenvalue weighted by Gasteiger charge is 2.31. The van der Waals surface area contributed by atoms with Crippen molar-refractivity contribution < 1.29 is 15.0 Å². The van der Waals surface area contributed by atoms with E-state index in [1.807, 2.05) is 12.1 Å². The number of nitrogens with zero attached hydrogens (tertiary/aromatic N) is 1. The second kappa shape index (κ2) is 8.89. The molecule has 1 unspecified atom stereocenters. The average Bonchev–Trinajstić information content (AvgIpc) is 2.56. The lowest BCUT2D eigenvalue weighted by Crippen LogP contribution is -2.52. The number of aromatic hydroxyl groups is 1. The number of benzene rings is 1. The Morgan fingerprint density at radius 3 is 2.52 bits per heavy atom. The van der Waals surface area contributed by atoms with Crippen LogP contribution in [0.3, 0.4) is 0 Å². The Labute approximate surface area is 138 Å². The standard InChI is InChI=1S/C18H28N2O3/c1-2-3-12-20(15-8-10-19-11-9-15)17(18(22)23)13-14-4-6-16(21)7-5-14/h4-7,15,17,19,21H,2-3,8-13H2,1H3,(H,22,23). The van der Waals surface area contributed by atoms with E-state index in [1.54, 1.807) is 12.1 Å². The molecule has 0 bridgehead atoms. The van der Waals surface area contributed by atoms with E-state index in [9.17, 15) is 15.0 Å². The maximum Gasteiger partial charge on any atom is 0.321 e. The lowest BCUT2D eigenvalue weighted by atomic mass is 9.98. The van der Waals surface area contributed by atoms with Crippen LogP contribution in [-0.2, 0) is 11.2 Å². The molecule has 1 heterocycles. The van der Waals surface area contributed by atoms with Gasteiger partial charge < -0.3 is 15.5 Å². The van der Waals surface area contributed by atoms with E-state index in [0.29, 0.717) is 12.5 Å². The van der Waals surface area contributed by atoms with E-state index in [1.165, 1.54) is 0 Å². The number of piperidine rings is 1. The topological polar surface area (TPSA) is 72.8 Å². The van der Waals surface area contributed by atoms with Gasteiger partial charge in [-0.3, -0.25) is 9.69 Å². The van der Waals surface area contributed by atoms with Gasteiger partial charge in [0, 0.05) is 6.04 Å². The van der Waals surface area contributed by atoms with Gasteiger partial charge in [0.15, 0.2) is 0 Å². The van der Waals surface area contributed by atoms with Gasteiger partial charge in [-0.2, -0.15) is 0 Å². The molecule has 1 aliphatic rings.